The van der Waals surface area contributed by atoms with Crippen molar-refractivity contribution in [2.45, 2.75) is 38.0 Å². The van der Waals surface area contributed by atoms with Crippen LogP contribution >= 0.6 is 0 Å². The van der Waals surface area contributed by atoms with Crippen molar-refractivity contribution in [3.63, 3.8) is 0 Å². The van der Waals surface area contributed by atoms with Crippen LogP contribution in [0.1, 0.15) is 31.4 Å². The average molecular weight is 428 g/mol. The summed E-state index contributed by atoms with van der Waals surface area (Å²) in [7, 11) is 3.99. The lowest BCUT2D eigenvalue weighted by molar-refractivity contribution is -0.117. The second-order valence-electron chi connectivity index (χ2n) is 8.27. The van der Waals surface area contributed by atoms with E-state index in [0.29, 0.717) is 13.0 Å². The monoisotopic (exact) mass is 427 g/mol. The Kier molecular flexibility index (Phi) is 7.90. The van der Waals surface area contributed by atoms with Gasteiger partial charge in [-0.05, 0) is 69.4 Å². The molecule has 1 fully saturated rings. The maximum absolute atomic E-state index is 12.0. The number of carbonyl (C=O) groups excluding carboxylic acids is 1. The molecule has 1 heterocycles. The van der Waals surface area contributed by atoms with Crippen molar-refractivity contribution in [3.05, 3.63) is 54.1 Å². The van der Waals surface area contributed by atoms with Crippen molar-refractivity contribution < 1.29 is 19.7 Å². The summed E-state index contributed by atoms with van der Waals surface area (Å²) >= 11 is 0. The Balaban J connectivity index is 1.71. The second-order valence-corrected chi connectivity index (χ2v) is 8.27. The van der Waals surface area contributed by atoms with Crippen molar-refractivity contribution in [2.75, 3.05) is 44.0 Å². The van der Waals surface area contributed by atoms with Gasteiger partial charge in [0.15, 0.2) is 0 Å². The molecule has 0 unspecified atom stereocenters. The summed E-state index contributed by atoms with van der Waals surface area (Å²) in [6.45, 7) is 3.74. The summed E-state index contributed by atoms with van der Waals surface area (Å²) in [4.78, 5) is 15.8. The Hall–Kier alpha value is -2.61. The van der Waals surface area contributed by atoms with Crippen LogP contribution in [0.25, 0.3) is 0 Å². The van der Waals surface area contributed by atoms with Crippen molar-refractivity contribution >= 4 is 17.3 Å². The van der Waals surface area contributed by atoms with Crippen LogP contribution in [0.4, 0.5) is 11.4 Å². The molecule has 1 aliphatic heterocycles. The standard InChI is InChI=1S/C24H33N3O4/c1-17(28)24(30)23(18-6-12-21(13-7-18)31-16-15-26(2)3)25-19-8-10-20(11-9-19)27-14-4-5-22(27)29/h6-13,17,23-25,28,30H,4-5,14-16H2,1-3H3/t17-,23+,24+/m0/s1. The lowest BCUT2D eigenvalue weighted by atomic mass is 9.97. The Morgan fingerprint density at radius 3 is 2.32 bits per heavy atom. The molecule has 1 saturated heterocycles. The largest absolute Gasteiger partial charge is 0.492 e. The number of ether oxygens (including phenoxy) is 1. The molecule has 0 spiro atoms. The molecule has 0 bridgehead atoms. The number of amides is 1. The lowest BCUT2D eigenvalue weighted by Crippen LogP contribution is -2.34. The van der Waals surface area contributed by atoms with E-state index in [0.717, 1.165) is 42.2 Å². The minimum atomic E-state index is -1.000. The van der Waals surface area contributed by atoms with Crippen LogP contribution in [-0.4, -0.2) is 67.0 Å². The highest BCUT2D eigenvalue weighted by Gasteiger charge is 2.26. The molecule has 168 valence electrons. The third-order valence-electron chi connectivity index (χ3n) is 5.46. The second kappa shape index (κ2) is 10.6. The maximum atomic E-state index is 12.0. The first-order valence-electron chi connectivity index (χ1n) is 10.8. The first-order valence-corrected chi connectivity index (χ1v) is 10.8. The summed E-state index contributed by atoms with van der Waals surface area (Å²) in [5.74, 6) is 0.909. The molecule has 2 aromatic carbocycles. The minimum Gasteiger partial charge on any atom is -0.492 e. The molecule has 0 saturated carbocycles. The zero-order valence-electron chi connectivity index (χ0n) is 18.5. The van der Waals surface area contributed by atoms with Gasteiger partial charge in [-0.1, -0.05) is 12.1 Å². The Morgan fingerprint density at radius 2 is 1.77 bits per heavy atom. The normalized spacial score (nSPS) is 17.0. The van der Waals surface area contributed by atoms with E-state index in [1.165, 1.54) is 0 Å². The van der Waals surface area contributed by atoms with Crippen LogP contribution in [-0.2, 0) is 4.79 Å². The van der Waals surface area contributed by atoms with Gasteiger partial charge in [0.25, 0.3) is 0 Å². The van der Waals surface area contributed by atoms with Crippen LogP contribution in [0, 0.1) is 0 Å². The number of rotatable bonds is 10. The van der Waals surface area contributed by atoms with Gasteiger partial charge in [0, 0.05) is 30.9 Å². The first-order chi connectivity index (χ1) is 14.8. The van der Waals surface area contributed by atoms with E-state index >= 15 is 0 Å². The van der Waals surface area contributed by atoms with Crippen LogP contribution in [0.5, 0.6) is 5.75 Å². The van der Waals surface area contributed by atoms with Crippen molar-refractivity contribution in [1.29, 1.82) is 0 Å². The number of nitrogens with one attached hydrogen (secondary N) is 1. The zero-order valence-corrected chi connectivity index (χ0v) is 18.5. The Morgan fingerprint density at radius 1 is 1.10 bits per heavy atom. The molecule has 7 nitrogen and oxygen atoms in total. The van der Waals surface area contributed by atoms with E-state index in [9.17, 15) is 15.0 Å². The summed E-state index contributed by atoms with van der Waals surface area (Å²) in [5, 5.41) is 24.0. The van der Waals surface area contributed by atoms with Gasteiger partial charge in [-0.15, -0.1) is 0 Å². The van der Waals surface area contributed by atoms with E-state index in [2.05, 4.69) is 10.2 Å². The SMILES string of the molecule is C[C@H](O)[C@@H](O)[C@H](Nc1ccc(N2CCCC2=O)cc1)c1ccc(OCCN(C)C)cc1. The number of benzene rings is 2. The predicted molar refractivity (Wildman–Crippen MR) is 123 cm³/mol. The molecule has 1 aliphatic rings. The van der Waals surface area contributed by atoms with E-state index < -0.39 is 18.2 Å². The van der Waals surface area contributed by atoms with E-state index in [1.807, 2.05) is 62.6 Å². The number of aliphatic hydroxyl groups is 2. The van der Waals surface area contributed by atoms with Crippen molar-refractivity contribution in [3.8, 4) is 5.75 Å². The molecule has 3 atom stereocenters. The Bertz CT molecular complexity index is 837. The van der Waals surface area contributed by atoms with Crippen molar-refractivity contribution in [2.24, 2.45) is 0 Å². The highest BCUT2D eigenvalue weighted by Crippen LogP contribution is 2.28. The highest BCUT2D eigenvalue weighted by molar-refractivity contribution is 5.95. The predicted octanol–water partition coefficient (Wildman–Crippen LogP) is 2.65. The van der Waals surface area contributed by atoms with Gasteiger partial charge in [0.1, 0.15) is 18.5 Å². The third-order valence-corrected chi connectivity index (χ3v) is 5.46. The fraction of sp³-hybridized carbons (Fsp3) is 0.458. The fourth-order valence-corrected chi connectivity index (χ4v) is 3.60. The van der Waals surface area contributed by atoms with Crippen LogP contribution < -0.4 is 15.0 Å². The first kappa shape index (κ1) is 23.1. The lowest BCUT2D eigenvalue weighted by Gasteiger charge is -2.28. The highest BCUT2D eigenvalue weighted by atomic mass is 16.5. The molecule has 3 rings (SSSR count). The summed E-state index contributed by atoms with van der Waals surface area (Å²) in [6.07, 6.45) is -0.427. The number of nitrogens with zero attached hydrogens (tertiary/aromatic N) is 2. The summed E-state index contributed by atoms with van der Waals surface area (Å²) < 4.78 is 5.74. The molecule has 31 heavy (non-hydrogen) atoms. The van der Waals surface area contributed by atoms with Gasteiger partial charge in [-0.2, -0.15) is 0 Å². The molecule has 0 aliphatic carbocycles. The molecule has 3 N–H and O–H groups in total. The van der Waals surface area contributed by atoms with Crippen LogP contribution in [0.3, 0.4) is 0 Å². The van der Waals surface area contributed by atoms with Crippen LogP contribution in [0.2, 0.25) is 0 Å². The van der Waals surface area contributed by atoms with Gasteiger partial charge in [0.2, 0.25) is 5.91 Å². The van der Waals surface area contributed by atoms with E-state index in [1.54, 1.807) is 11.8 Å². The van der Waals surface area contributed by atoms with Gasteiger partial charge < -0.3 is 30.1 Å². The molecular formula is C24H33N3O4. The van der Waals surface area contributed by atoms with Gasteiger partial charge in [-0.25, -0.2) is 0 Å². The number of hydrogen-bond acceptors (Lipinski definition) is 6. The molecular weight excluding hydrogens is 394 g/mol. The quantitative estimate of drug-likeness (QED) is 0.541. The molecule has 2 aromatic rings. The third kappa shape index (κ3) is 6.19. The zero-order chi connectivity index (χ0) is 22.4. The molecule has 1 amide bonds. The van der Waals surface area contributed by atoms with Gasteiger partial charge in [-0.3, -0.25) is 4.79 Å². The molecule has 0 aromatic heterocycles. The van der Waals surface area contributed by atoms with E-state index in [4.69, 9.17) is 4.74 Å². The van der Waals surface area contributed by atoms with Crippen LogP contribution in [0.15, 0.2) is 48.5 Å². The average Bonchev–Trinajstić information content (AvgIpc) is 3.18. The number of likely N-dealkylation sites (N-methyl/N-ethyl adjacent to an activating group) is 1. The van der Waals surface area contributed by atoms with Gasteiger partial charge in [0.05, 0.1) is 12.1 Å². The molecule has 7 heteroatoms. The van der Waals surface area contributed by atoms with E-state index in [-0.39, 0.29) is 5.91 Å². The summed E-state index contributed by atoms with van der Waals surface area (Å²) in [5.41, 5.74) is 2.51. The number of hydrogen-bond donors (Lipinski definition) is 3. The fourth-order valence-electron chi connectivity index (χ4n) is 3.60. The maximum Gasteiger partial charge on any atom is 0.227 e. The minimum absolute atomic E-state index is 0.149. The smallest absolute Gasteiger partial charge is 0.227 e. The van der Waals surface area contributed by atoms with Gasteiger partial charge >= 0.3 is 0 Å². The number of carbonyl (C=O) groups is 1. The molecule has 0 radical (unpaired) electrons. The number of aliphatic hydroxyl groups excluding tert-OH is 2. The summed E-state index contributed by atoms with van der Waals surface area (Å²) in [6, 6.07) is 14.6. The Labute approximate surface area is 184 Å². The topological polar surface area (TPSA) is 85.3 Å². The number of anilines is 2. The van der Waals surface area contributed by atoms with Crippen molar-refractivity contribution in [1.82, 2.24) is 4.90 Å².